The molecule has 6 heteroatoms. The first kappa shape index (κ1) is 13.7. The summed E-state index contributed by atoms with van der Waals surface area (Å²) in [7, 11) is 1.42. The molecule has 1 aromatic rings. The molecule has 5 nitrogen and oxygen atoms in total. The first-order valence-corrected chi connectivity index (χ1v) is 6.56. The van der Waals surface area contributed by atoms with Crippen LogP contribution in [0.4, 0.5) is 0 Å². The van der Waals surface area contributed by atoms with Crippen LogP contribution in [0.3, 0.4) is 0 Å². The van der Waals surface area contributed by atoms with Crippen molar-refractivity contribution >= 4 is 33.7 Å². The number of halogens is 1. The number of carbonyl (C=O) groups excluding carboxylic acids is 3. The summed E-state index contributed by atoms with van der Waals surface area (Å²) in [5.41, 5.74) is 1.40. The number of hydrogen-bond acceptors (Lipinski definition) is 3. The van der Waals surface area contributed by atoms with Gasteiger partial charge >= 0.3 is 0 Å². The van der Waals surface area contributed by atoms with E-state index >= 15 is 0 Å². The molecular formula is C13H13BrN2O3. The van der Waals surface area contributed by atoms with Crippen LogP contribution in [0.25, 0.3) is 0 Å². The number of nitrogens with zero attached hydrogens (tertiary/aromatic N) is 1. The van der Waals surface area contributed by atoms with Gasteiger partial charge in [-0.05, 0) is 30.7 Å². The first-order chi connectivity index (χ1) is 8.88. The molecule has 19 heavy (non-hydrogen) atoms. The summed E-state index contributed by atoms with van der Waals surface area (Å²) in [5, 5.41) is 2.59. The van der Waals surface area contributed by atoms with Crippen molar-refractivity contribution in [1.29, 1.82) is 0 Å². The van der Waals surface area contributed by atoms with Gasteiger partial charge in [-0.3, -0.25) is 19.3 Å². The minimum Gasteiger partial charge on any atom is -0.340 e. The molecule has 1 heterocycles. The van der Waals surface area contributed by atoms with Crippen LogP contribution in [0.2, 0.25) is 0 Å². The predicted octanol–water partition coefficient (Wildman–Crippen LogP) is 1.24. The van der Waals surface area contributed by atoms with Crippen molar-refractivity contribution in [2.75, 3.05) is 7.05 Å². The van der Waals surface area contributed by atoms with Crippen molar-refractivity contribution in [2.24, 2.45) is 0 Å². The van der Waals surface area contributed by atoms with Crippen LogP contribution in [-0.4, -0.2) is 35.7 Å². The van der Waals surface area contributed by atoms with Gasteiger partial charge < -0.3 is 5.32 Å². The molecule has 1 N–H and O–H groups in total. The third-order valence-corrected chi connectivity index (χ3v) is 3.45. The number of amides is 3. The van der Waals surface area contributed by atoms with Gasteiger partial charge in [0.15, 0.2) is 0 Å². The molecule has 1 unspecified atom stereocenters. The van der Waals surface area contributed by atoms with E-state index in [0.717, 1.165) is 14.9 Å². The highest BCUT2D eigenvalue weighted by atomic mass is 79.9. The number of nitrogens with one attached hydrogen (secondary N) is 1. The monoisotopic (exact) mass is 324 g/mol. The second-order valence-electron chi connectivity index (χ2n) is 4.54. The lowest BCUT2D eigenvalue weighted by Crippen LogP contribution is -2.40. The number of benzene rings is 1. The Balaban J connectivity index is 2.14. The van der Waals surface area contributed by atoms with Crippen molar-refractivity contribution < 1.29 is 14.4 Å². The molecule has 3 amide bonds. The van der Waals surface area contributed by atoms with Gasteiger partial charge in [0.25, 0.3) is 11.8 Å². The van der Waals surface area contributed by atoms with E-state index in [2.05, 4.69) is 21.2 Å². The van der Waals surface area contributed by atoms with Gasteiger partial charge in [-0.1, -0.05) is 15.9 Å². The summed E-state index contributed by atoms with van der Waals surface area (Å²) in [6.07, 6.45) is 0.0219. The number of imide groups is 1. The maximum atomic E-state index is 12.1. The fourth-order valence-electron chi connectivity index (χ4n) is 1.98. The Morgan fingerprint density at radius 1 is 1.37 bits per heavy atom. The Kier molecular flexibility index (Phi) is 3.71. The predicted molar refractivity (Wildman–Crippen MR) is 72.5 cm³/mol. The number of hydrogen-bond donors (Lipinski definition) is 1. The van der Waals surface area contributed by atoms with E-state index in [1.54, 1.807) is 12.1 Å². The summed E-state index contributed by atoms with van der Waals surface area (Å²) < 4.78 is 0.795. The molecule has 1 atom stereocenters. The van der Waals surface area contributed by atoms with Crippen LogP contribution in [0.15, 0.2) is 22.7 Å². The average molecular weight is 325 g/mol. The lowest BCUT2D eigenvalue weighted by molar-refractivity contribution is -0.137. The Bertz CT molecular complexity index is 551. The Morgan fingerprint density at radius 3 is 2.58 bits per heavy atom. The van der Waals surface area contributed by atoms with E-state index in [4.69, 9.17) is 0 Å². The highest BCUT2D eigenvalue weighted by Crippen LogP contribution is 2.16. The van der Waals surface area contributed by atoms with Gasteiger partial charge in [0.2, 0.25) is 5.91 Å². The van der Waals surface area contributed by atoms with Gasteiger partial charge in [-0.2, -0.15) is 0 Å². The van der Waals surface area contributed by atoms with Crippen LogP contribution >= 0.6 is 15.9 Å². The average Bonchev–Trinajstić information content (AvgIpc) is 2.56. The van der Waals surface area contributed by atoms with Crippen LogP contribution < -0.4 is 5.32 Å². The summed E-state index contributed by atoms with van der Waals surface area (Å²) in [5.74, 6) is -1.00. The van der Waals surface area contributed by atoms with E-state index in [-0.39, 0.29) is 24.1 Å². The summed E-state index contributed by atoms with van der Waals surface area (Å²) in [4.78, 5) is 36.2. The summed E-state index contributed by atoms with van der Waals surface area (Å²) >= 11 is 3.32. The zero-order chi connectivity index (χ0) is 14.2. The normalized spacial score (nSPS) is 18.9. The molecule has 0 radical (unpaired) electrons. The minimum atomic E-state index is -0.760. The molecule has 0 spiro atoms. The molecule has 1 aromatic carbocycles. The van der Waals surface area contributed by atoms with E-state index in [1.807, 2.05) is 13.0 Å². The summed E-state index contributed by atoms with van der Waals surface area (Å²) in [6.45, 7) is 1.87. The lowest BCUT2D eigenvalue weighted by Gasteiger charge is -2.11. The van der Waals surface area contributed by atoms with Crippen molar-refractivity contribution in [3.05, 3.63) is 33.8 Å². The van der Waals surface area contributed by atoms with Gasteiger partial charge in [-0.15, -0.1) is 0 Å². The first-order valence-electron chi connectivity index (χ1n) is 5.77. The van der Waals surface area contributed by atoms with Crippen molar-refractivity contribution in [2.45, 2.75) is 19.4 Å². The van der Waals surface area contributed by atoms with Crippen molar-refractivity contribution in [3.8, 4) is 0 Å². The number of rotatable bonds is 2. The smallest absolute Gasteiger partial charge is 0.252 e. The molecule has 1 aliphatic rings. The van der Waals surface area contributed by atoms with Crippen LogP contribution in [0.5, 0.6) is 0 Å². The molecule has 1 aliphatic heterocycles. The Labute approximate surface area is 119 Å². The van der Waals surface area contributed by atoms with Crippen molar-refractivity contribution in [1.82, 2.24) is 10.2 Å². The number of aryl methyl sites for hydroxylation is 1. The van der Waals surface area contributed by atoms with E-state index < -0.39 is 6.04 Å². The summed E-state index contributed by atoms with van der Waals surface area (Å²) in [6, 6.07) is 4.52. The van der Waals surface area contributed by atoms with Gasteiger partial charge in [-0.25, -0.2) is 0 Å². The largest absolute Gasteiger partial charge is 0.340 e. The molecule has 0 bridgehead atoms. The highest BCUT2D eigenvalue weighted by molar-refractivity contribution is 9.10. The Hall–Kier alpha value is -1.69. The minimum absolute atomic E-state index is 0.0219. The van der Waals surface area contributed by atoms with Gasteiger partial charge in [0, 0.05) is 17.1 Å². The molecule has 0 aromatic heterocycles. The third kappa shape index (κ3) is 2.84. The SMILES string of the molecule is Cc1cc(Br)cc(C(=O)NC2CC(=O)N(C)C2=O)c1. The maximum Gasteiger partial charge on any atom is 0.252 e. The fourth-order valence-corrected chi connectivity index (χ4v) is 2.59. The molecule has 100 valence electrons. The van der Waals surface area contributed by atoms with Crippen LogP contribution in [-0.2, 0) is 9.59 Å². The quantitative estimate of drug-likeness (QED) is 0.832. The van der Waals surface area contributed by atoms with Gasteiger partial charge in [0.05, 0.1) is 6.42 Å². The Morgan fingerprint density at radius 2 is 2.05 bits per heavy atom. The number of likely N-dealkylation sites (N-methyl/N-ethyl adjacent to an activating group) is 1. The van der Waals surface area contributed by atoms with Gasteiger partial charge in [0.1, 0.15) is 6.04 Å². The zero-order valence-corrected chi connectivity index (χ0v) is 12.2. The molecule has 0 saturated carbocycles. The topological polar surface area (TPSA) is 66.5 Å². The molecule has 0 aliphatic carbocycles. The second-order valence-corrected chi connectivity index (χ2v) is 5.45. The van der Waals surface area contributed by atoms with Crippen LogP contribution in [0.1, 0.15) is 22.3 Å². The fraction of sp³-hybridized carbons (Fsp3) is 0.308. The molecule has 1 saturated heterocycles. The van der Waals surface area contributed by atoms with E-state index in [9.17, 15) is 14.4 Å². The molecule has 2 rings (SSSR count). The van der Waals surface area contributed by atoms with Crippen LogP contribution in [0, 0.1) is 6.92 Å². The van der Waals surface area contributed by atoms with Crippen molar-refractivity contribution in [3.63, 3.8) is 0 Å². The number of likely N-dealkylation sites (tertiary alicyclic amines) is 1. The second kappa shape index (κ2) is 5.13. The molecular weight excluding hydrogens is 312 g/mol. The maximum absolute atomic E-state index is 12.1. The number of carbonyl (C=O) groups is 3. The third-order valence-electron chi connectivity index (χ3n) is 2.99. The highest BCUT2D eigenvalue weighted by Gasteiger charge is 2.37. The molecule has 1 fully saturated rings. The van der Waals surface area contributed by atoms with E-state index in [1.165, 1.54) is 7.05 Å². The standard InChI is InChI=1S/C13H13BrN2O3/c1-7-3-8(5-9(14)4-7)12(18)15-10-6-11(17)16(2)13(10)19/h3-5,10H,6H2,1-2H3,(H,15,18). The lowest BCUT2D eigenvalue weighted by atomic mass is 10.1. The van der Waals surface area contributed by atoms with E-state index in [0.29, 0.717) is 5.56 Å². The zero-order valence-electron chi connectivity index (χ0n) is 10.6.